The van der Waals surface area contributed by atoms with Gasteiger partial charge < -0.3 is 16.4 Å². The number of nitrogens with one attached hydrogen (secondary N) is 2. The SMILES string of the molecule is CCCCC(CN)NC(=O)c1ccc(NC(C)=O)cc1.Cl. The summed E-state index contributed by atoms with van der Waals surface area (Å²) >= 11 is 0. The summed E-state index contributed by atoms with van der Waals surface area (Å²) in [5.74, 6) is -0.268. The van der Waals surface area contributed by atoms with Gasteiger partial charge in [-0.3, -0.25) is 9.59 Å². The molecule has 21 heavy (non-hydrogen) atoms. The average Bonchev–Trinajstić information content (AvgIpc) is 2.43. The van der Waals surface area contributed by atoms with E-state index in [9.17, 15) is 9.59 Å². The van der Waals surface area contributed by atoms with Crippen molar-refractivity contribution in [3.8, 4) is 0 Å². The molecule has 1 rings (SSSR count). The number of rotatable bonds is 7. The molecule has 2 amide bonds. The number of nitrogens with two attached hydrogens (primary N) is 1. The van der Waals surface area contributed by atoms with Gasteiger partial charge in [-0.05, 0) is 30.7 Å². The first-order valence-corrected chi connectivity index (χ1v) is 6.95. The third kappa shape index (κ3) is 7.11. The van der Waals surface area contributed by atoms with Crippen molar-refractivity contribution in [1.29, 1.82) is 0 Å². The summed E-state index contributed by atoms with van der Waals surface area (Å²) in [7, 11) is 0. The van der Waals surface area contributed by atoms with Crippen LogP contribution in [0.25, 0.3) is 0 Å². The molecule has 4 N–H and O–H groups in total. The van der Waals surface area contributed by atoms with Crippen LogP contribution in [0.3, 0.4) is 0 Å². The monoisotopic (exact) mass is 313 g/mol. The summed E-state index contributed by atoms with van der Waals surface area (Å²) in [6.07, 6.45) is 3.02. The maximum Gasteiger partial charge on any atom is 0.251 e. The van der Waals surface area contributed by atoms with Crippen LogP contribution >= 0.6 is 12.4 Å². The van der Waals surface area contributed by atoms with Gasteiger partial charge in [-0.25, -0.2) is 0 Å². The smallest absolute Gasteiger partial charge is 0.251 e. The minimum absolute atomic E-state index is 0. The van der Waals surface area contributed by atoms with Crippen LogP contribution in [0.15, 0.2) is 24.3 Å². The molecule has 0 aliphatic rings. The van der Waals surface area contributed by atoms with Gasteiger partial charge in [0.15, 0.2) is 0 Å². The van der Waals surface area contributed by atoms with Gasteiger partial charge in [0.25, 0.3) is 5.91 Å². The van der Waals surface area contributed by atoms with Gasteiger partial charge in [0, 0.05) is 30.8 Å². The van der Waals surface area contributed by atoms with Gasteiger partial charge in [0.2, 0.25) is 5.91 Å². The first-order valence-electron chi connectivity index (χ1n) is 6.95. The number of hydrogen-bond acceptors (Lipinski definition) is 3. The minimum Gasteiger partial charge on any atom is -0.348 e. The van der Waals surface area contributed by atoms with Crippen molar-refractivity contribution in [2.75, 3.05) is 11.9 Å². The Morgan fingerprint density at radius 3 is 2.33 bits per heavy atom. The minimum atomic E-state index is -0.134. The third-order valence-electron chi connectivity index (χ3n) is 2.99. The van der Waals surface area contributed by atoms with E-state index in [1.807, 2.05) is 0 Å². The van der Waals surface area contributed by atoms with E-state index in [4.69, 9.17) is 5.73 Å². The molecule has 0 saturated carbocycles. The molecule has 1 atom stereocenters. The standard InChI is InChI=1S/C15H23N3O2.ClH/c1-3-4-5-14(10-16)18-15(20)12-6-8-13(9-7-12)17-11(2)19;/h6-9,14H,3-5,10,16H2,1-2H3,(H,17,19)(H,18,20);1H. The maximum absolute atomic E-state index is 12.1. The number of amides is 2. The zero-order valence-electron chi connectivity index (χ0n) is 12.5. The van der Waals surface area contributed by atoms with Crippen molar-refractivity contribution in [2.24, 2.45) is 5.73 Å². The van der Waals surface area contributed by atoms with Crippen LogP contribution in [0.4, 0.5) is 5.69 Å². The number of anilines is 1. The van der Waals surface area contributed by atoms with E-state index in [2.05, 4.69) is 17.6 Å². The van der Waals surface area contributed by atoms with Crippen LogP contribution in [0.1, 0.15) is 43.5 Å². The lowest BCUT2D eigenvalue weighted by Gasteiger charge is -2.16. The van der Waals surface area contributed by atoms with Gasteiger partial charge in [0.05, 0.1) is 0 Å². The van der Waals surface area contributed by atoms with Crippen molar-refractivity contribution in [3.63, 3.8) is 0 Å². The normalized spacial score (nSPS) is 11.2. The summed E-state index contributed by atoms with van der Waals surface area (Å²) in [5, 5.41) is 5.59. The van der Waals surface area contributed by atoms with Crippen molar-refractivity contribution >= 4 is 29.9 Å². The Hall–Kier alpha value is -1.59. The number of benzene rings is 1. The Morgan fingerprint density at radius 1 is 1.24 bits per heavy atom. The van der Waals surface area contributed by atoms with Gasteiger partial charge >= 0.3 is 0 Å². The lowest BCUT2D eigenvalue weighted by atomic mass is 10.1. The molecule has 0 heterocycles. The van der Waals surface area contributed by atoms with Crippen LogP contribution in [-0.2, 0) is 4.79 Å². The number of carbonyl (C=O) groups is 2. The van der Waals surface area contributed by atoms with E-state index >= 15 is 0 Å². The summed E-state index contributed by atoms with van der Waals surface area (Å²) in [6, 6.07) is 6.80. The highest BCUT2D eigenvalue weighted by atomic mass is 35.5. The molecule has 0 radical (unpaired) electrons. The summed E-state index contributed by atoms with van der Waals surface area (Å²) in [6.45, 7) is 3.99. The van der Waals surface area contributed by atoms with Crippen molar-refractivity contribution in [2.45, 2.75) is 39.2 Å². The Kier molecular flexibility index (Phi) is 9.41. The summed E-state index contributed by atoms with van der Waals surface area (Å²) < 4.78 is 0. The van der Waals surface area contributed by atoms with Crippen LogP contribution < -0.4 is 16.4 Å². The molecule has 0 spiro atoms. The zero-order chi connectivity index (χ0) is 15.0. The molecule has 1 aromatic carbocycles. The van der Waals surface area contributed by atoms with Gasteiger partial charge in [0.1, 0.15) is 0 Å². The Bertz CT molecular complexity index is 449. The highest BCUT2D eigenvalue weighted by molar-refractivity contribution is 5.95. The molecule has 6 heteroatoms. The summed E-state index contributed by atoms with van der Waals surface area (Å²) in [4.78, 5) is 23.0. The quantitative estimate of drug-likeness (QED) is 0.722. The lowest BCUT2D eigenvalue weighted by Crippen LogP contribution is -2.40. The molecule has 0 fully saturated rings. The molecular weight excluding hydrogens is 290 g/mol. The molecule has 118 valence electrons. The van der Waals surface area contributed by atoms with E-state index in [0.29, 0.717) is 17.8 Å². The van der Waals surface area contributed by atoms with Crippen molar-refractivity contribution in [3.05, 3.63) is 29.8 Å². The molecule has 5 nitrogen and oxygen atoms in total. The predicted molar refractivity (Wildman–Crippen MR) is 87.8 cm³/mol. The largest absolute Gasteiger partial charge is 0.348 e. The van der Waals surface area contributed by atoms with Gasteiger partial charge in [-0.1, -0.05) is 19.8 Å². The molecule has 0 aliphatic carbocycles. The van der Waals surface area contributed by atoms with Gasteiger partial charge in [-0.2, -0.15) is 0 Å². The Labute approximate surface area is 132 Å². The van der Waals surface area contributed by atoms with Crippen LogP contribution in [0.2, 0.25) is 0 Å². The first kappa shape index (κ1) is 19.4. The van der Waals surface area contributed by atoms with Crippen molar-refractivity contribution < 1.29 is 9.59 Å². The molecule has 0 aliphatic heterocycles. The highest BCUT2D eigenvalue weighted by Gasteiger charge is 2.11. The number of hydrogen-bond donors (Lipinski definition) is 3. The second kappa shape index (κ2) is 10.2. The zero-order valence-corrected chi connectivity index (χ0v) is 13.3. The van der Waals surface area contributed by atoms with E-state index in [1.165, 1.54) is 6.92 Å². The maximum atomic E-state index is 12.1. The van der Waals surface area contributed by atoms with E-state index in [0.717, 1.165) is 19.3 Å². The fourth-order valence-corrected chi connectivity index (χ4v) is 1.88. The van der Waals surface area contributed by atoms with Crippen molar-refractivity contribution in [1.82, 2.24) is 5.32 Å². The fraction of sp³-hybridized carbons (Fsp3) is 0.467. The third-order valence-corrected chi connectivity index (χ3v) is 2.99. The topological polar surface area (TPSA) is 84.2 Å². The fourth-order valence-electron chi connectivity index (χ4n) is 1.88. The summed E-state index contributed by atoms with van der Waals surface area (Å²) in [5.41, 5.74) is 6.90. The second-order valence-corrected chi connectivity index (χ2v) is 4.81. The Morgan fingerprint density at radius 2 is 1.86 bits per heavy atom. The molecule has 0 aromatic heterocycles. The molecule has 1 aromatic rings. The predicted octanol–water partition coefficient (Wildman–Crippen LogP) is 2.31. The second-order valence-electron chi connectivity index (χ2n) is 4.81. The highest BCUT2D eigenvalue weighted by Crippen LogP contribution is 2.10. The Balaban J connectivity index is 0.00000400. The average molecular weight is 314 g/mol. The van der Waals surface area contributed by atoms with E-state index in [1.54, 1.807) is 24.3 Å². The number of carbonyl (C=O) groups excluding carboxylic acids is 2. The van der Waals surface area contributed by atoms with E-state index in [-0.39, 0.29) is 30.3 Å². The first-order chi connectivity index (χ1) is 9.56. The van der Waals surface area contributed by atoms with Crippen LogP contribution in [0, 0.1) is 0 Å². The van der Waals surface area contributed by atoms with E-state index < -0.39 is 0 Å². The van der Waals surface area contributed by atoms with Gasteiger partial charge in [-0.15, -0.1) is 12.4 Å². The van der Waals surface area contributed by atoms with Crippen LogP contribution in [-0.4, -0.2) is 24.4 Å². The number of halogens is 1. The number of unbranched alkanes of at least 4 members (excludes halogenated alkanes) is 1. The molecule has 1 unspecified atom stereocenters. The van der Waals surface area contributed by atoms with Crippen LogP contribution in [0.5, 0.6) is 0 Å². The molecular formula is C15H24ClN3O2. The molecule has 0 bridgehead atoms. The molecule has 0 saturated heterocycles. The lowest BCUT2D eigenvalue weighted by molar-refractivity contribution is -0.114.